The lowest BCUT2D eigenvalue weighted by atomic mass is 9.95. The van der Waals surface area contributed by atoms with Gasteiger partial charge < -0.3 is 24.8 Å². The van der Waals surface area contributed by atoms with E-state index in [1.807, 2.05) is 0 Å². The van der Waals surface area contributed by atoms with Crippen LogP contribution in [-0.4, -0.2) is 56.7 Å². The summed E-state index contributed by atoms with van der Waals surface area (Å²) in [5.74, 6) is -2.75. The van der Waals surface area contributed by atoms with Crippen molar-refractivity contribution in [3.8, 4) is 0 Å². The monoisotopic (exact) mass is 314 g/mol. The van der Waals surface area contributed by atoms with E-state index in [1.54, 1.807) is 0 Å². The van der Waals surface area contributed by atoms with Gasteiger partial charge in [0, 0.05) is 6.92 Å². The third kappa shape index (κ3) is 1.70. The minimum absolute atomic E-state index is 0.551. The number of alkyl halides is 1. The first kappa shape index (κ1) is 13.1. The van der Waals surface area contributed by atoms with Crippen LogP contribution in [-0.2, 0) is 24.0 Å². The van der Waals surface area contributed by atoms with Crippen LogP contribution in [0.1, 0.15) is 6.92 Å². The first-order valence-corrected chi connectivity index (χ1v) is 5.56. The second-order valence-corrected chi connectivity index (χ2v) is 4.78. The number of halogens is 1. The van der Waals surface area contributed by atoms with Crippen LogP contribution >= 0.6 is 15.9 Å². The van der Waals surface area contributed by atoms with Gasteiger partial charge in [0.2, 0.25) is 0 Å². The quantitative estimate of drug-likeness (QED) is 0.316. The Bertz CT molecular complexity index is 337. The van der Waals surface area contributed by atoms with Gasteiger partial charge in [-0.05, 0) is 15.9 Å². The van der Waals surface area contributed by atoms with Gasteiger partial charge in [0.1, 0.15) is 12.2 Å². The maximum absolute atomic E-state index is 11.0. The zero-order chi connectivity index (χ0) is 12.8. The molecule has 0 amide bonds. The highest BCUT2D eigenvalue weighted by Crippen LogP contribution is 2.54. The summed E-state index contributed by atoms with van der Waals surface area (Å²) in [6.07, 6.45) is -4.23. The van der Waals surface area contributed by atoms with Crippen LogP contribution in [0.25, 0.3) is 0 Å². The summed E-state index contributed by atoms with van der Waals surface area (Å²) in [4.78, 5) is 20.2. The van der Waals surface area contributed by atoms with Crippen LogP contribution in [0.5, 0.6) is 0 Å². The third-order valence-corrected chi connectivity index (χ3v) is 3.43. The molecule has 3 N–H and O–H groups in total. The number of carbonyl (C=O) groups is 1. The SMILES string of the molecule is CC(=O)O[C@@]12OOC1(Br)O[C@H](CO)[C@H](O)[C@@H]2O. The zero-order valence-electron chi connectivity index (χ0n) is 8.70. The van der Waals surface area contributed by atoms with Crippen molar-refractivity contribution in [1.29, 1.82) is 0 Å². The highest BCUT2D eigenvalue weighted by atomic mass is 79.9. The molecule has 2 fully saturated rings. The van der Waals surface area contributed by atoms with Gasteiger partial charge in [0.25, 0.3) is 0 Å². The lowest BCUT2D eigenvalue weighted by Gasteiger charge is -2.57. The Hall–Kier alpha value is -0.290. The highest BCUT2D eigenvalue weighted by molar-refractivity contribution is 9.10. The Morgan fingerprint density at radius 2 is 2.12 bits per heavy atom. The summed E-state index contributed by atoms with van der Waals surface area (Å²) in [6, 6.07) is 0. The molecule has 0 aromatic rings. The van der Waals surface area contributed by atoms with Gasteiger partial charge in [0.15, 0.2) is 6.10 Å². The van der Waals surface area contributed by atoms with E-state index in [9.17, 15) is 15.0 Å². The predicted molar refractivity (Wildman–Crippen MR) is 52.3 cm³/mol. The topological polar surface area (TPSA) is 115 Å². The normalized spacial score (nSPS) is 49.1. The van der Waals surface area contributed by atoms with Crippen molar-refractivity contribution in [1.82, 2.24) is 0 Å². The number of esters is 1. The second kappa shape index (κ2) is 4.12. The molecule has 98 valence electrons. The van der Waals surface area contributed by atoms with Crippen molar-refractivity contribution in [3.05, 3.63) is 0 Å². The lowest BCUT2D eigenvalue weighted by Crippen LogP contribution is -2.79. The van der Waals surface area contributed by atoms with E-state index in [1.165, 1.54) is 0 Å². The molecule has 0 aliphatic carbocycles. The predicted octanol–water partition coefficient (Wildman–Crippen LogP) is -1.63. The first-order valence-electron chi connectivity index (χ1n) is 4.76. The van der Waals surface area contributed by atoms with E-state index >= 15 is 0 Å². The number of carbonyl (C=O) groups excluding carboxylic acids is 1. The third-order valence-electron chi connectivity index (χ3n) is 2.56. The lowest BCUT2D eigenvalue weighted by molar-refractivity contribution is -0.650. The summed E-state index contributed by atoms with van der Waals surface area (Å²) in [7, 11) is 0. The van der Waals surface area contributed by atoms with Crippen LogP contribution in [0, 0.1) is 0 Å². The van der Waals surface area contributed by atoms with E-state index < -0.39 is 41.4 Å². The molecule has 9 heteroatoms. The number of aliphatic hydroxyl groups excluding tert-OH is 3. The van der Waals surface area contributed by atoms with Gasteiger partial charge in [-0.25, -0.2) is 0 Å². The van der Waals surface area contributed by atoms with E-state index in [4.69, 9.17) is 14.6 Å². The Morgan fingerprint density at radius 1 is 1.47 bits per heavy atom. The standard InChI is InChI=1S/C8H11BrO8/c1-3(11)14-7-6(13)5(12)4(2-10)15-8(7,9)17-16-7/h4-6,10,12-13H,2H2,1H3/t4-,5+,6+,7+,8?/m1/s1. The minimum Gasteiger partial charge on any atom is -0.421 e. The first-order chi connectivity index (χ1) is 7.86. The molecule has 0 saturated carbocycles. The van der Waals surface area contributed by atoms with E-state index in [0.29, 0.717) is 0 Å². The summed E-state index contributed by atoms with van der Waals surface area (Å²) in [5, 5.41) is 28.5. The number of aliphatic hydroxyl groups is 3. The van der Waals surface area contributed by atoms with Crippen LogP contribution in [0.2, 0.25) is 0 Å². The maximum Gasteiger partial charge on any atom is 0.338 e. The number of rotatable bonds is 2. The van der Waals surface area contributed by atoms with E-state index in [0.717, 1.165) is 6.92 Å². The Kier molecular flexibility index (Phi) is 3.19. The van der Waals surface area contributed by atoms with Crippen LogP contribution in [0.4, 0.5) is 0 Å². The van der Waals surface area contributed by atoms with Gasteiger partial charge in [-0.2, -0.15) is 9.78 Å². The minimum atomic E-state index is -2.00. The molecule has 2 heterocycles. The van der Waals surface area contributed by atoms with Crippen molar-refractivity contribution in [2.45, 2.75) is 35.7 Å². The Morgan fingerprint density at radius 3 is 2.53 bits per heavy atom. The molecule has 1 unspecified atom stereocenters. The van der Waals surface area contributed by atoms with Crippen molar-refractivity contribution in [3.63, 3.8) is 0 Å². The number of hydrogen-bond donors (Lipinski definition) is 3. The molecule has 5 atom stereocenters. The number of ether oxygens (including phenoxy) is 2. The highest BCUT2D eigenvalue weighted by Gasteiger charge is 2.77. The number of hydrogen-bond acceptors (Lipinski definition) is 8. The van der Waals surface area contributed by atoms with Crippen molar-refractivity contribution < 1.29 is 39.4 Å². The van der Waals surface area contributed by atoms with Gasteiger partial charge in [-0.3, -0.25) is 4.79 Å². The summed E-state index contributed by atoms with van der Waals surface area (Å²) < 4.78 is 8.20. The molecular formula is C8H11BrO8. The zero-order valence-corrected chi connectivity index (χ0v) is 10.3. The summed E-state index contributed by atoms with van der Waals surface area (Å²) in [6.45, 7) is 0.548. The Labute approximate surface area is 104 Å². The molecule has 0 radical (unpaired) electrons. The molecule has 2 aliphatic rings. The van der Waals surface area contributed by atoms with Crippen molar-refractivity contribution in [2.75, 3.05) is 6.61 Å². The van der Waals surface area contributed by atoms with Crippen LogP contribution in [0.3, 0.4) is 0 Å². The molecule has 0 aromatic carbocycles. The fourth-order valence-corrected chi connectivity index (χ4v) is 2.39. The fraction of sp³-hybridized carbons (Fsp3) is 0.875. The average molecular weight is 315 g/mol. The molecule has 0 aromatic heterocycles. The number of fused-ring (bicyclic) bond motifs is 1. The van der Waals surface area contributed by atoms with Gasteiger partial charge >= 0.3 is 16.5 Å². The summed E-state index contributed by atoms with van der Waals surface area (Å²) >= 11 is 2.95. The largest absolute Gasteiger partial charge is 0.421 e. The van der Waals surface area contributed by atoms with Gasteiger partial charge in [-0.1, -0.05) is 0 Å². The molecular weight excluding hydrogens is 304 g/mol. The molecule has 17 heavy (non-hydrogen) atoms. The van der Waals surface area contributed by atoms with Gasteiger partial charge in [0.05, 0.1) is 6.61 Å². The molecule has 0 spiro atoms. The second-order valence-electron chi connectivity index (χ2n) is 3.74. The molecule has 8 nitrogen and oxygen atoms in total. The Balaban J connectivity index is 2.29. The van der Waals surface area contributed by atoms with E-state index in [2.05, 4.69) is 25.7 Å². The van der Waals surface area contributed by atoms with Crippen molar-refractivity contribution in [2.24, 2.45) is 0 Å². The van der Waals surface area contributed by atoms with Gasteiger partial charge in [-0.15, -0.1) is 0 Å². The molecule has 2 rings (SSSR count). The van der Waals surface area contributed by atoms with Crippen LogP contribution < -0.4 is 0 Å². The van der Waals surface area contributed by atoms with Crippen molar-refractivity contribution >= 4 is 21.9 Å². The summed E-state index contributed by atoms with van der Waals surface area (Å²) in [5.41, 5.74) is 0. The molecule has 2 saturated heterocycles. The average Bonchev–Trinajstić information content (AvgIpc) is 2.27. The molecule has 2 aliphatic heterocycles. The smallest absolute Gasteiger partial charge is 0.338 e. The molecule has 0 bridgehead atoms. The maximum atomic E-state index is 11.0. The van der Waals surface area contributed by atoms with Crippen LogP contribution in [0.15, 0.2) is 0 Å². The fourth-order valence-electron chi connectivity index (χ4n) is 1.71. The van der Waals surface area contributed by atoms with E-state index in [-0.39, 0.29) is 0 Å².